The third kappa shape index (κ3) is 2.96. The maximum absolute atomic E-state index is 11.2. The summed E-state index contributed by atoms with van der Waals surface area (Å²) in [7, 11) is -2.86. The van der Waals surface area contributed by atoms with Crippen molar-refractivity contribution < 1.29 is 22.8 Å². The molecule has 0 heterocycles. The Morgan fingerprint density at radius 3 is 2.74 bits per heavy atom. The molecule has 1 saturated carbocycles. The van der Waals surface area contributed by atoms with Gasteiger partial charge in [-0.2, -0.15) is 8.42 Å². The van der Waals surface area contributed by atoms with E-state index in [0.717, 1.165) is 44.1 Å². The van der Waals surface area contributed by atoms with Crippen LogP contribution in [0.5, 0.6) is 5.75 Å². The molecule has 0 radical (unpaired) electrons. The van der Waals surface area contributed by atoms with E-state index >= 15 is 0 Å². The molecule has 0 spiro atoms. The first-order chi connectivity index (χ1) is 12.8. The molecular weight excluding hydrogens is 366 g/mol. The quantitative estimate of drug-likeness (QED) is 0.538. The summed E-state index contributed by atoms with van der Waals surface area (Å²) in [6.07, 6.45) is 7.54. The van der Waals surface area contributed by atoms with Crippen LogP contribution in [-0.4, -0.2) is 31.3 Å². The van der Waals surface area contributed by atoms with Crippen LogP contribution in [0.3, 0.4) is 0 Å². The Labute approximate surface area is 160 Å². The summed E-state index contributed by atoms with van der Waals surface area (Å²) < 4.78 is 39.2. The number of benzene rings is 1. The van der Waals surface area contributed by atoms with E-state index in [1.807, 2.05) is 6.07 Å². The Kier molecular flexibility index (Phi) is 4.52. The fourth-order valence-corrected chi connectivity index (χ4v) is 6.21. The smallest absolute Gasteiger partial charge is 0.357 e. The summed E-state index contributed by atoms with van der Waals surface area (Å²) in [5.74, 6) is 1.20. The highest BCUT2D eigenvalue weighted by Gasteiger charge is 2.51. The van der Waals surface area contributed by atoms with Crippen molar-refractivity contribution in [1.29, 1.82) is 0 Å². The normalized spacial score (nSPS) is 32.1. The number of methoxy groups -OCH3 is 1. The van der Waals surface area contributed by atoms with Crippen molar-refractivity contribution in [2.24, 2.45) is 11.3 Å². The number of nitrogens with one attached hydrogen (secondary N) is 1. The number of fused-ring (bicyclic) bond motifs is 5. The standard InChI is InChI=1S/C20H27NO5S/c1-3-20-9-8-13-14(16(20)6-7-19(20)22)5-4-12-10-17(21-27(23,24)25)18(26-2)11-15(12)13/h6,10-11,13-14,19,21-22H,3-5,7-9H2,1-2H3,(H,23,24,25)/t13-,14+,19-,20-/m0/s1. The van der Waals surface area contributed by atoms with Gasteiger partial charge in [-0.3, -0.25) is 9.27 Å². The van der Waals surface area contributed by atoms with E-state index in [1.165, 1.54) is 18.2 Å². The number of rotatable bonds is 4. The maximum Gasteiger partial charge on any atom is 0.357 e. The Hall–Kier alpha value is -1.57. The van der Waals surface area contributed by atoms with Gasteiger partial charge in [-0.1, -0.05) is 18.6 Å². The van der Waals surface area contributed by atoms with Crippen LogP contribution in [-0.2, 0) is 16.7 Å². The minimum atomic E-state index is -4.36. The molecule has 0 saturated heterocycles. The van der Waals surface area contributed by atoms with Crippen molar-refractivity contribution in [3.63, 3.8) is 0 Å². The summed E-state index contributed by atoms with van der Waals surface area (Å²) in [5, 5.41) is 10.6. The average molecular weight is 394 g/mol. The Balaban J connectivity index is 1.73. The number of anilines is 1. The van der Waals surface area contributed by atoms with Crippen LogP contribution >= 0.6 is 0 Å². The SMILES string of the molecule is CC[C@]12CC[C@@H]3c4cc(OC)c(NS(=O)(=O)O)cc4CC[C@H]3C1=CC[C@@H]2O. The van der Waals surface area contributed by atoms with Crippen LogP contribution in [0, 0.1) is 11.3 Å². The molecule has 0 unspecified atom stereocenters. The topological polar surface area (TPSA) is 95.9 Å². The lowest BCUT2D eigenvalue weighted by Crippen LogP contribution is -2.41. The summed E-state index contributed by atoms with van der Waals surface area (Å²) in [6, 6.07) is 3.71. The zero-order valence-corrected chi connectivity index (χ0v) is 16.6. The van der Waals surface area contributed by atoms with Gasteiger partial charge in [-0.25, -0.2) is 0 Å². The van der Waals surface area contributed by atoms with E-state index in [4.69, 9.17) is 9.29 Å². The molecule has 0 amide bonds. The molecule has 1 aromatic rings. The van der Waals surface area contributed by atoms with Gasteiger partial charge >= 0.3 is 10.3 Å². The summed E-state index contributed by atoms with van der Waals surface area (Å²) >= 11 is 0. The monoisotopic (exact) mass is 393 g/mol. The van der Waals surface area contributed by atoms with Crippen molar-refractivity contribution >= 4 is 16.0 Å². The van der Waals surface area contributed by atoms with E-state index in [0.29, 0.717) is 17.6 Å². The predicted octanol–water partition coefficient (Wildman–Crippen LogP) is 3.44. The fraction of sp³-hybridized carbons (Fsp3) is 0.600. The average Bonchev–Trinajstić information content (AvgIpc) is 2.96. The van der Waals surface area contributed by atoms with Crippen molar-refractivity contribution in [1.82, 2.24) is 0 Å². The molecule has 0 bridgehead atoms. The molecule has 3 N–H and O–H groups in total. The highest BCUT2D eigenvalue weighted by molar-refractivity contribution is 7.87. The van der Waals surface area contributed by atoms with Crippen LogP contribution in [0.1, 0.15) is 56.1 Å². The van der Waals surface area contributed by atoms with Crippen LogP contribution < -0.4 is 9.46 Å². The first-order valence-corrected chi connectivity index (χ1v) is 11.1. The van der Waals surface area contributed by atoms with Gasteiger partial charge in [0.05, 0.1) is 18.9 Å². The molecule has 3 aliphatic carbocycles. The first-order valence-electron chi connectivity index (χ1n) is 9.63. The van der Waals surface area contributed by atoms with E-state index in [-0.39, 0.29) is 17.2 Å². The van der Waals surface area contributed by atoms with Gasteiger partial charge in [-0.15, -0.1) is 0 Å². The number of hydrogen-bond acceptors (Lipinski definition) is 4. The Morgan fingerprint density at radius 2 is 2.07 bits per heavy atom. The molecule has 1 fully saturated rings. The van der Waals surface area contributed by atoms with Crippen molar-refractivity contribution in [3.05, 3.63) is 34.9 Å². The van der Waals surface area contributed by atoms with Gasteiger partial charge < -0.3 is 9.84 Å². The largest absolute Gasteiger partial charge is 0.495 e. The number of ether oxygens (including phenoxy) is 1. The maximum atomic E-state index is 11.2. The molecule has 4 atom stereocenters. The van der Waals surface area contributed by atoms with Gasteiger partial charge in [-0.05, 0) is 73.6 Å². The molecular formula is C20H27NO5S. The molecule has 4 rings (SSSR count). The van der Waals surface area contributed by atoms with Crippen molar-refractivity contribution in [2.45, 2.75) is 57.5 Å². The second kappa shape index (κ2) is 6.50. The number of aliphatic hydroxyl groups excluding tert-OH is 1. The predicted molar refractivity (Wildman–Crippen MR) is 103 cm³/mol. The van der Waals surface area contributed by atoms with Crippen LogP contribution in [0.2, 0.25) is 0 Å². The lowest BCUT2D eigenvalue weighted by molar-refractivity contribution is 0.0311. The molecule has 3 aliphatic rings. The fourth-order valence-electron chi connectivity index (χ4n) is 5.77. The molecule has 148 valence electrons. The van der Waals surface area contributed by atoms with E-state index in [2.05, 4.69) is 17.7 Å². The number of aryl methyl sites for hydroxylation is 1. The Morgan fingerprint density at radius 1 is 1.30 bits per heavy atom. The van der Waals surface area contributed by atoms with Crippen LogP contribution in [0.4, 0.5) is 5.69 Å². The lowest BCUT2D eigenvalue weighted by Gasteiger charge is -2.49. The second-order valence-electron chi connectivity index (χ2n) is 8.04. The molecule has 6 nitrogen and oxygen atoms in total. The minimum absolute atomic E-state index is 0.0603. The lowest BCUT2D eigenvalue weighted by atomic mass is 9.56. The van der Waals surface area contributed by atoms with Gasteiger partial charge in [0.1, 0.15) is 5.75 Å². The summed E-state index contributed by atoms with van der Waals surface area (Å²) in [6.45, 7) is 2.18. The first kappa shape index (κ1) is 18.8. The molecule has 0 aromatic heterocycles. The summed E-state index contributed by atoms with van der Waals surface area (Å²) in [5.41, 5.74) is 3.95. The number of hydrogen-bond donors (Lipinski definition) is 3. The zero-order chi connectivity index (χ0) is 19.4. The van der Waals surface area contributed by atoms with E-state index < -0.39 is 10.3 Å². The van der Waals surface area contributed by atoms with E-state index in [1.54, 1.807) is 6.07 Å². The molecule has 27 heavy (non-hydrogen) atoms. The third-order valence-corrected chi connectivity index (χ3v) is 7.49. The summed E-state index contributed by atoms with van der Waals surface area (Å²) in [4.78, 5) is 0. The zero-order valence-electron chi connectivity index (χ0n) is 15.7. The van der Waals surface area contributed by atoms with Gasteiger partial charge in [0.25, 0.3) is 0 Å². The molecule has 0 aliphatic heterocycles. The van der Waals surface area contributed by atoms with Gasteiger partial charge in [0.2, 0.25) is 0 Å². The number of aliphatic hydroxyl groups is 1. The molecule has 7 heteroatoms. The second-order valence-corrected chi connectivity index (χ2v) is 9.19. The van der Waals surface area contributed by atoms with Crippen LogP contribution in [0.15, 0.2) is 23.8 Å². The van der Waals surface area contributed by atoms with Gasteiger partial charge in [0, 0.05) is 5.41 Å². The minimum Gasteiger partial charge on any atom is -0.495 e. The Bertz CT molecular complexity index is 894. The van der Waals surface area contributed by atoms with E-state index in [9.17, 15) is 13.5 Å². The highest BCUT2D eigenvalue weighted by Crippen LogP contribution is 2.60. The van der Waals surface area contributed by atoms with Gasteiger partial charge in [0.15, 0.2) is 0 Å². The van der Waals surface area contributed by atoms with Crippen molar-refractivity contribution in [3.8, 4) is 5.75 Å². The third-order valence-electron chi connectivity index (χ3n) is 7.02. The van der Waals surface area contributed by atoms with Crippen molar-refractivity contribution in [2.75, 3.05) is 11.8 Å². The highest BCUT2D eigenvalue weighted by atomic mass is 32.2. The molecule has 1 aromatic carbocycles. The van der Waals surface area contributed by atoms with Crippen LogP contribution in [0.25, 0.3) is 0 Å².